The summed E-state index contributed by atoms with van der Waals surface area (Å²) in [6.07, 6.45) is 2.00. The maximum atomic E-state index is 14.1. The highest BCUT2D eigenvalue weighted by Gasteiger charge is 2.12. The van der Waals surface area contributed by atoms with Gasteiger partial charge in [-0.15, -0.1) is 0 Å². The van der Waals surface area contributed by atoms with Gasteiger partial charge in [0.1, 0.15) is 11.5 Å². The molecule has 1 heterocycles. The first-order valence-corrected chi connectivity index (χ1v) is 11.9. The number of Topliss-reactive ketones (excluding diaryl/α,β-unsaturated/α-hetero) is 1. The summed E-state index contributed by atoms with van der Waals surface area (Å²) in [7, 11) is 0. The van der Waals surface area contributed by atoms with Crippen molar-refractivity contribution < 1.29 is 19.1 Å². The zero-order valence-electron chi connectivity index (χ0n) is 19.4. The molecule has 0 saturated carbocycles. The lowest BCUT2D eigenvalue weighted by Gasteiger charge is -2.13. The lowest BCUT2D eigenvalue weighted by molar-refractivity contribution is -0.137. The first-order chi connectivity index (χ1) is 17.4. The lowest BCUT2D eigenvalue weighted by atomic mass is 10.00. The van der Waals surface area contributed by atoms with Crippen LogP contribution in [0.4, 0.5) is 10.1 Å². The summed E-state index contributed by atoms with van der Waals surface area (Å²) in [6, 6.07) is 23.3. The van der Waals surface area contributed by atoms with E-state index in [1.165, 1.54) is 6.07 Å². The Hall–Kier alpha value is -4.03. The Morgan fingerprint density at radius 1 is 0.889 bits per heavy atom. The van der Waals surface area contributed by atoms with Gasteiger partial charge in [-0.25, -0.2) is 4.39 Å². The van der Waals surface area contributed by atoms with Gasteiger partial charge in [0.15, 0.2) is 5.78 Å². The second-order valence-corrected chi connectivity index (χ2v) is 8.75. The molecule has 0 bridgehead atoms. The fourth-order valence-corrected chi connectivity index (χ4v) is 4.05. The highest BCUT2D eigenvalue weighted by molar-refractivity contribution is 6.30. The zero-order chi connectivity index (χ0) is 25.5. The van der Waals surface area contributed by atoms with Crippen molar-refractivity contribution in [2.24, 2.45) is 0 Å². The van der Waals surface area contributed by atoms with Gasteiger partial charge in [-0.3, -0.25) is 14.6 Å². The summed E-state index contributed by atoms with van der Waals surface area (Å²) in [4.78, 5) is 27.2. The minimum Gasteiger partial charge on any atom is -0.481 e. The van der Waals surface area contributed by atoms with E-state index >= 15 is 0 Å². The number of nitrogens with zero attached hydrogens (tertiary/aromatic N) is 1. The molecule has 0 spiro atoms. The van der Waals surface area contributed by atoms with Crippen LogP contribution in [-0.2, 0) is 11.3 Å². The molecule has 0 amide bonds. The smallest absolute Gasteiger partial charge is 0.303 e. The molecule has 5 nitrogen and oxygen atoms in total. The molecule has 0 aliphatic carbocycles. The molecule has 2 N–H and O–H groups in total. The third-order valence-corrected chi connectivity index (χ3v) is 6.01. The number of hydrogen-bond acceptors (Lipinski definition) is 4. The van der Waals surface area contributed by atoms with E-state index in [1.807, 2.05) is 54.6 Å². The monoisotopic (exact) mass is 502 g/mol. The fraction of sp³-hybridized carbons (Fsp3) is 0.138. The highest BCUT2D eigenvalue weighted by Crippen LogP contribution is 2.29. The van der Waals surface area contributed by atoms with Crippen molar-refractivity contribution in [3.05, 3.63) is 107 Å². The average molecular weight is 503 g/mol. The Balaban J connectivity index is 1.46. The lowest BCUT2D eigenvalue weighted by Crippen LogP contribution is -2.04. The predicted octanol–water partition coefficient (Wildman–Crippen LogP) is 7.26. The van der Waals surface area contributed by atoms with E-state index < -0.39 is 5.97 Å². The fourth-order valence-electron chi connectivity index (χ4n) is 3.88. The van der Waals surface area contributed by atoms with Gasteiger partial charge in [0.05, 0.1) is 0 Å². The van der Waals surface area contributed by atoms with Crippen molar-refractivity contribution in [2.45, 2.75) is 25.8 Å². The Bertz CT molecular complexity index is 1370. The predicted molar refractivity (Wildman–Crippen MR) is 140 cm³/mol. The molecule has 36 heavy (non-hydrogen) atoms. The summed E-state index contributed by atoms with van der Waals surface area (Å²) < 4.78 is 14.1. The van der Waals surface area contributed by atoms with E-state index in [-0.39, 0.29) is 30.9 Å². The van der Waals surface area contributed by atoms with Gasteiger partial charge in [-0.05, 0) is 59.5 Å². The molecular weight excluding hydrogens is 479 g/mol. The van der Waals surface area contributed by atoms with Crippen LogP contribution in [0.2, 0.25) is 5.02 Å². The van der Waals surface area contributed by atoms with Gasteiger partial charge in [0, 0.05) is 47.4 Å². The number of carboxylic acids is 1. The minimum atomic E-state index is -0.922. The zero-order valence-corrected chi connectivity index (χ0v) is 20.1. The second kappa shape index (κ2) is 11.6. The summed E-state index contributed by atoms with van der Waals surface area (Å²) in [5.74, 6) is -1.37. The van der Waals surface area contributed by atoms with Crippen LogP contribution in [0.3, 0.4) is 0 Å². The van der Waals surface area contributed by atoms with E-state index in [4.69, 9.17) is 16.7 Å². The number of nitrogens with one attached hydrogen (secondary N) is 1. The molecule has 1 aromatic heterocycles. The molecule has 0 aliphatic heterocycles. The number of rotatable bonds is 10. The molecular formula is C29H24ClFN2O3. The molecule has 0 saturated heterocycles. The van der Waals surface area contributed by atoms with Gasteiger partial charge >= 0.3 is 5.97 Å². The number of aromatic nitrogens is 1. The van der Waals surface area contributed by atoms with E-state index in [0.717, 1.165) is 27.9 Å². The van der Waals surface area contributed by atoms with Crippen LogP contribution >= 0.6 is 11.6 Å². The van der Waals surface area contributed by atoms with E-state index in [0.29, 0.717) is 22.8 Å². The van der Waals surface area contributed by atoms with Crippen LogP contribution in [0.25, 0.3) is 22.3 Å². The van der Waals surface area contributed by atoms with Crippen molar-refractivity contribution in [1.82, 2.24) is 4.98 Å². The number of ketones is 1. The number of benzene rings is 3. The number of anilines is 1. The van der Waals surface area contributed by atoms with Gasteiger partial charge in [-0.2, -0.15) is 0 Å². The molecule has 3 aromatic carbocycles. The van der Waals surface area contributed by atoms with Crippen molar-refractivity contribution in [2.75, 3.05) is 5.32 Å². The third-order valence-electron chi connectivity index (χ3n) is 5.78. The summed E-state index contributed by atoms with van der Waals surface area (Å²) >= 11 is 6.26. The van der Waals surface area contributed by atoms with Gasteiger partial charge in [0.2, 0.25) is 0 Å². The third kappa shape index (κ3) is 6.34. The SMILES string of the molecule is O=C(O)CCCC(=O)c1ccc(-c2cc(Cl)ccc2CNc2ccc(-c3ccccc3F)cc2)cn1. The van der Waals surface area contributed by atoms with Crippen LogP contribution in [-0.4, -0.2) is 21.8 Å². The summed E-state index contributed by atoms with van der Waals surface area (Å²) in [6.45, 7) is 0.515. The summed E-state index contributed by atoms with van der Waals surface area (Å²) in [5.41, 5.74) is 5.23. The quantitative estimate of drug-likeness (QED) is 0.223. The maximum absolute atomic E-state index is 14.1. The Morgan fingerprint density at radius 2 is 1.64 bits per heavy atom. The Morgan fingerprint density at radius 3 is 2.33 bits per heavy atom. The standard InChI is InChI=1S/C29H24ClFN2O3/c30-22-12-8-20(17-32-23-13-9-19(10-14-23)24-4-1-2-5-26(24)31)25(16-22)21-11-15-27(33-18-21)28(34)6-3-7-29(35)36/h1-2,4-5,8-16,18,32H,3,6-7,17H2,(H,35,36). The maximum Gasteiger partial charge on any atom is 0.303 e. The molecule has 182 valence electrons. The topological polar surface area (TPSA) is 79.3 Å². The normalized spacial score (nSPS) is 10.7. The van der Waals surface area contributed by atoms with E-state index in [2.05, 4.69) is 10.3 Å². The molecule has 0 atom stereocenters. The number of halogens is 2. The number of pyridine rings is 1. The van der Waals surface area contributed by atoms with Gasteiger partial charge < -0.3 is 10.4 Å². The molecule has 0 unspecified atom stereocenters. The molecule has 4 aromatic rings. The second-order valence-electron chi connectivity index (χ2n) is 8.31. The van der Waals surface area contributed by atoms with Crippen LogP contribution in [0, 0.1) is 5.82 Å². The molecule has 0 fully saturated rings. The van der Waals surface area contributed by atoms with Crippen LogP contribution in [0.5, 0.6) is 0 Å². The summed E-state index contributed by atoms with van der Waals surface area (Å²) in [5, 5.41) is 12.7. The largest absolute Gasteiger partial charge is 0.481 e. The molecule has 4 rings (SSSR count). The van der Waals surface area contributed by atoms with Crippen molar-refractivity contribution in [3.63, 3.8) is 0 Å². The average Bonchev–Trinajstić information content (AvgIpc) is 2.88. The minimum absolute atomic E-state index is 0.0471. The van der Waals surface area contributed by atoms with Gasteiger partial charge in [-0.1, -0.05) is 54.1 Å². The van der Waals surface area contributed by atoms with Crippen LogP contribution in [0.1, 0.15) is 35.3 Å². The van der Waals surface area contributed by atoms with Gasteiger partial charge in [0.25, 0.3) is 0 Å². The number of carbonyl (C=O) groups excluding carboxylic acids is 1. The molecule has 0 aliphatic rings. The number of aliphatic carboxylic acids is 1. The number of carboxylic acid groups (broad SMARTS) is 1. The first-order valence-electron chi connectivity index (χ1n) is 11.5. The Kier molecular flexibility index (Phi) is 8.08. The number of hydrogen-bond donors (Lipinski definition) is 2. The van der Waals surface area contributed by atoms with Crippen molar-refractivity contribution in [3.8, 4) is 22.3 Å². The van der Waals surface area contributed by atoms with Crippen molar-refractivity contribution >= 4 is 29.0 Å². The van der Waals surface area contributed by atoms with E-state index in [1.54, 1.807) is 24.4 Å². The van der Waals surface area contributed by atoms with Crippen LogP contribution < -0.4 is 5.32 Å². The van der Waals surface area contributed by atoms with E-state index in [9.17, 15) is 14.0 Å². The first kappa shape index (κ1) is 25.1. The van der Waals surface area contributed by atoms with Crippen LogP contribution in [0.15, 0.2) is 85.1 Å². The van der Waals surface area contributed by atoms with Crippen molar-refractivity contribution in [1.29, 1.82) is 0 Å². The molecule has 7 heteroatoms. The highest BCUT2D eigenvalue weighted by atomic mass is 35.5. The number of carbonyl (C=O) groups is 2. The Labute approximate surface area is 213 Å². The molecule has 0 radical (unpaired) electrons.